The highest BCUT2D eigenvalue weighted by Crippen LogP contribution is 2.25. The number of rotatable bonds is 8. The van der Waals surface area contributed by atoms with Crippen LogP contribution in [0.4, 0.5) is 0 Å². The summed E-state index contributed by atoms with van der Waals surface area (Å²) in [6.07, 6.45) is 0.873. The molecule has 2 aliphatic rings. The third kappa shape index (κ3) is 5.73. The van der Waals surface area contributed by atoms with Gasteiger partial charge in [0.15, 0.2) is 0 Å². The maximum atomic E-state index is 13.4. The fourth-order valence-corrected chi connectivity index (χ4v) is 3.97. The largest absolute Gasteiger partial charge is 0.481 e. The van der Waals surface area contributed by atoms with Crippen molar-refractivity contribution in [3.8, 4) is 0 Å². The minimum absolute atomic E-state index is 0.0197. The molecule has 0 spiro atoms. The second-order valence-electron chi connectivity index (χ2n) is 7.97. The summed E-state index contributed by atoms with van der Waals surface area (Å²) in [6, 6.07) is 5.23. The molecule has 2 heterocycles. The van der Waals surface area contributed by atoms with E-state index < -0.39 is 41.8 Å². The quantitative estimate of drug-likeness (QED) is 0.458. The summed E-state index contributed by atoms with van der Waals surface area (Å²) in [7, 11) is 0. The van der Waals surface area contributed by atoms with Gasteiger partial charge in [0.2, 0.25) is 11.8 Å². The highest BCUT2D eigenvalue weighted by atomic mass is 16.4. The summed E-state index contributed by atoms with van der Waals surface area (Å²) >= 11 is 0. The lowest BCUT2D eigenvalue weighted by Gasteiger charge is -2.43. The van der Waals surface area contributed by atoms with Crippen molar-refractivity contribution in [2.45, 2.75) is 56.7 Å². The Hall–Kier alpha value is -3.76. The number of nitrogens with zero attached hydrogens (tertiary/aromatic N) is 2. The second kappa shape index (κ2) is 10.7. The van der Waals surface area contributed by atoms with E-state index in [4.69, 9.17) is 5.11 Å². The minimum Gasteiger partial charge on any atom is -0.481 e. The molecule has 2 saturated heterocycles. The average molecular weight is 458 g/mol. The Kier molecular flexibility index (Phi) is 7.75. The topological polar surface area (TPSA) is 153 Å². The van der Waals surface area contributed by atoms with E-state index in [0.717, 1.165) is 5.01 Å². The first kappa shape index (κ1) is 23.9. The molecule has 1 aromatic rings. The molecule has 3 N–H and O–H groups in total. The van der Waals surface area contributed by atoms with Crippen LogP contribution in [0.5, 0.6) is 0 Å². The molecule has 11 nitrogen and oxygen atoms in total. The molecule has 176 valence electrons. The number of nitrogens with one attached hydrogen (secondary N) is 2. The average Bonchev–Trinajstić information content (AvgIpc) is 2.94. The van der Waals surface area contributed by atoms with Crippen LogP contribution in [-0.2, 0) is 24.0 Å². The maximum absolute atomic E-state index is 13.4. The van der Waals surface area contributed by atoms with Gasteiger partial charge in [0.1, 0.15) is 18.4 Å². The number of hydrogen-bond donors (Lipinski definition) is 3. The van der Waals surface area contributed by atoms with Crippen LogP contribution in [0, 0.1) is 0 Å². The highest BCUT2D eigenvalue weighted by molar-refractivity contribution is 5.99. The Labute approximate surface area is 190 Å². The predicted octanol–water partition coefficient (Wildman–Crippen LogP) is -0.138. The van der Waals surface area contributed by atoms with Gasteiger partial charge in [0, 0.05) is 24.9 Å². The van der Waals surface area contributed by atoms with Crippen LogP contribution in [0.3, 0.4) is 0 Å². The number of aldehydes is 1. The monoisotopic (exact) mass is 458 g/mol. The number of hydrazine groups is 1. The molecule has 0 saturated carbocycles. The number of aliphatic carboxylic acids is 1. The molecule has 2 aliphatic heterocycles. The van der Waals surface area contributed by atoms with E-state index in [2.05, 4.69) is 10.6 Å². The van der Waals surface area contributed by atoms with Crippen molar-refractivity contribution in [1.29, 1.82) is 0 Å². The Morgan fingerprint density at radius 1 is 1.15 bits per heavy atom. The lowest BCUT2D eigenvalue weighted by molar-refractivity contribution is -0.176. The van der Waals surface area contributed by atoms with Crippen molar-refractivity contribution >= 4 is 35.9 Å². The molecule has 0 unspecified atom stereocenters. The zero-order valence-electron chi connectivity index (χ0n) is 17.9. The molecule has 33 heavy (non-hydrogen) atoms. The van der Waals surface area contributed by atoms with Gasteiger partial charge in [-0.15, -0.1) is 0 Å². The second-order valence-corrected chi connectivity index (χ2v) is 7.97. The molecular weight excluding hydrogens is 432 g/mol. The lowest BCUT2D eigenvalue weighted by atomic mass is 10.0. The molecule has 1 aromatic carbocycles. The first-order valence-corrected chi connectivity index (χ1v) is 10.8. The van der Waals surface area contributed by atoms with Crippen molar-refractivity contribution in [3.05, 3.63) is 35.9 Å². The van der Waals surface area contributed by atoms with Gasteiger partial charge in [-0.1, -0.05) is 18.2 Å². The van der Waals surface area contributed by atoms with E-state index in [9.17, 15) is 28.8 Å². The van der Waals surface area contributed by atoms with Crippen molar-refractivity contribution in [2.24, 2.45) is 0 Å². The van der Waals surface area contributed by atoms with E-state index in [1.165, 1.54) is 5.01 Å². The van der Waals surface area contributed by atoms with Gasteiger partial charge in [-0.2, -0.15) is 0 Å². The number of carbonyl (C=O) groups is 6. The predicted molar refractivity (Wildman–Crippen MR) is 113 cm³/mol. The molecule has 3 atom stereocenters. The summed E-state index contributed by atoms with van der Waals surface area (Å²) in [6.45, 7) is 0.254. The first-order chi connectivity index (χ1) is 15.8. The number of carbonyl (C=O) groups excluding carboxylic acids is 5. The molecule has 0 aromatic heterocycles. The van der Waals surface area contributed by atoms with Gasteiger partial charge in [-0.05, 0) is 37.8 Å². The van der Waals surface area contributed by atoms with E-state index >= 15 is 0 Å². The van der Waals surface area contributed by atoms with Crippen LogP contribution in [0.2, 0.25) is 0 Å². The number of fused-ring (bicyclic) bond motifs is 1. The minimum atomic E-state index is -1.11. The molecule has 3 rings (SSSR count). The van der Waals surface area contributed by atoms with Crippen molar-refractivity contribution < 1.29 is 33.9 Å². The normalized spacial score (nSPS) is 21.5. The van der Waals surface area contributed by atoms with E-state index in [-0.39, 0.29) is 44.6 Å². The van der Waals surface area contributed by atoms with Crippen LogP contribution >= 0.6 is 0 Å². The van der Waals surface area contributed by atoms with Crippen LogP contribution in [0.15, 0.2) is 30.3 Å². The molecule has 11 heteroatoms. The van der Waals surface area contributed by atoms with Crippen LogP contribution in [-0.4, -0.2) is 75.7 Å². The summed E-state index contributed by atoms with van der Waals surface area (Å²) < 4.78 is 0. The van der Waals surface area contributed by atoms with Gasteiger partial charge < -0.3 is 20.5 Å². The zero-order chi connectivity index (χ0) is 24.0. The molecule has 0 bridgehead atoms. The number of hydrogen-bond acceptors (Lipinski definition) is 6. The molecule has 0 radical (unpaired) electrons. The summed E-state index contributed by atoms with van der Waals surface area (Å²) in [5, 5.41) is 16.3. The SMILES string of the molecule is O=C[C@H](CCC(=O)O)NC(=O)[C@@H]1CCCN2C(=O)CC[C@H](NC(=O)c3ccccc3)C(=O)N12. The maximum Gasteiger partial charge on any atom is 0.303 e. The Bertz CT molecular complexity index is 936. The van der Waals surface area contributed by atoms with E-state index in [1.807, 2.05) is 0 Å². The third-order valence-electron chi connectivity index (χ3n) is 5.67. The Morgan fingerprint density at radius 2 is 1.88 bits per heavy atom. The number of benzene rings is 1. The van der Waals surface area contributed by atoms with E-state index in [1.54, 1.807) is 30.3 Å². The lowest BCUT2D eigenvalue weighted by Crippen LogP contribution is -2.64. The summed E-state index contributed by atoms with van der Waals surface area (Å²) in [5.41, 5.74) is 0.359. The summed E-state index contributed by atoms with van der Waals surface area (Å²) in [5.74, 6) is -3.15. The van der Waals surface area contributed by atoms with Crippen molar-refractivity contribution in [3.63, 3.8) is 0 Å². The number of amides is 4. The number of carboxylic acid groups (broad SMARTS) is 1. The van der Waals surface area contributed by atoms with Crippen LogP contribution in [0.25, 0.3) is 0 Å². The van der Waals surface area contributed by atoms with Crippen LogP contribution in [0.1, 0.15) is 48.9 Å². The summed E-state index contributed by atoms with van der Waals surface area (Å²) in [4.78, 5) is 73.7. The first-order valence-electron chi connectivity index (χ1n) is 10.8. The number of carboxylic acids is 1. The standard InChI is InChI=1S/C22H26N4O7/c27-13-15(8-11-19(29)30)23-21(32)17-7-4-12-25-18(28)10-9-16(22(33)26(17)25)24-20(31)14-5-2-1-3-6-14/h1-3,5-6,13,15-17H,4,7-12H2,(H,23,32)(H,24,31)(H,29,30)/t15-,16-,17-/m0/s1. The van der Waals surface area contributed by atoms with Gasteiger partial charge in [0.05, 0.1) is 6.04 Å². The Morgan fingerprint density at radius 3 is 2.55 bits per heavy atom. The van der Waals surface area contributed by atoms with Gasteiger partial charge >= 0.3 is 5.97 Å². The fraction of sp³-hybridized carbons (Fsp3) is 0.455. The molecule has 2 fully saturated rings. The Balaban J connectivity index is 1.78. The third-order valence-corrected chi connectivity index (χ3v) is 5.67. The molecular formula is C22H26N4O7. The van der Waals surface area contributed by atoms with Gasteiger partial charge in [-0.25, -0.2) is 5.01 Å². The van der Waals surface area contributed by atoms with Crippen molar-refractivity contribution in [1.82, 2.24) is 20.7 Å². The van der Waals surface area contributed by atoms with E-state index in [0.29, 0.717) is 18.3 Å². The highest BCUT2D eigenvalue weighted by Gasteiger charge is 2.44. The zero-order valence-corrected chi connectivity index (χ0v) is 17.9. The van der Waals surface area contributed by atoms with Gasteiger partial charge in [0.25, 0.3) is 11.8 Å². The molecule has 4 amide bonds. The molecule has 0 aliphatic carbocycles. The fourth-order valence-electron chi connectivity index (χ4n) is 3.97. The smallest absolute Gasteiger partial charge is 0.303 e. The van der Waals surface area contributed by atoms with Crippen LogP contribution < -0.4 is 10.6 Å². The van der Waals surface area contributed by atoms with Gasteiger partial charge in [-0.3, -0.25) is 29.0 Å². The van der Waals surface area contributed by atoms with Crippen molar-refractivity contribution in [2.75, 3.05) is 6.54 Å².